The van der Waals surface area contributed by atoms with Crippen LogP contribution in [0.5, 0.6) is 0 Å². The number of H-pyrrole nitrogens is 1. The fraction of sp³-hybridized carbons (Fsp3) is 0.667. The summed E-state index contributed by atoms with van der Waals surface area (Å²) in [6, 6.07) is 0.329. The van der Waals surface area contributed by atoms with Gasteiger partial charge in [-0.05, 0) is 26.9 Å². The molecule has 0 aromatic carbocycles. The first-order valence-electron chi connectivity index (χ1n) is 5.88. The second kappa shape index (κ2) is 5.82. The van der Waals surface area contributed by atoms with Gasteiger partial charge in [-0.2, -0.15) is 0 Å². The first-order valence-corrected chi connectivity index (χ1v) is 5.88. The molecule has 0 fully saturated rings. The van der Waals surface area contributed by atoms with Gasteiger partial charge in [0.05, 0.1) is 0 Å². The van der Waals surface area contributed by atoms with Crippen molar-refractivity contribution < 1.29 is 4.79 Å². The molecule has 0 aliphatic rings. The van der Waals surface area contributed by atoms with Crippen molar-refractivity contribution in [3.05, 3.63) is 17.7 Å². The topological polar surface area (TPSA) is 61.0 Å². The van der Waals surface area contributed by atoms with Gasteiger partial charge in [-0.25, -0.2) is 4.98 Å². The number of hydrogen-bond donors (Lipinski definition) is 2. The summed E-state index contributed by atoms with van der Waals surface area (Å²) in [5, 5.41) is 2.90. The van der Waals surface area contributed by atoms with Gasteiger partial charge in [0.1, 0.15) is 0 Å². The second-order valence-electron chi connectivity index (χ2n) is 4.90. The summed E-state index contributed by atoms with van der Waals surface area (Å²) >= 11 is 0. The molecule has 0 saturated carbocycles. The number of nitrogens with one attached hydrogen (secondary N) is 2. The summed E-state index contributed by atoms with van der Waals surface area (Å²) in [7, 11) is 4.04. The van der Waals surface area contributed by atoms with E-state index in [-0.39, 0.29) is 5.91 Å². The monoisotopic (exact) mass is 238 g/mol. The number of amides is 1. The number of rotatable bonds is 5. The lowest BCUT2D eigenvalue weighted by Gasteiger charge is -2.27. The zero-order valence-corrected chi connectivity index (χ0v) is 11.2. The number of likely N-dealkylation sites (N-methyl/N-ethyl adjacent to an activating group) is 1. The lowest BCUT2D eigenvalue weighted by atomic mass is 10.0. The first kappa shape index (κ1) is 13.7. The van der Waals surface area contributed by atoms with Crippen LogP contribution in [0.4, 0.5) is 0 Å². The van der Waals surface area contributed by atoms with Gasteiger partial charge in [0.2, 0.25) is 0 Å². The lowest BCUT2D eigenvalue weighted by Crippen LogP contribution is -2.43. The molecule has 0 aliphatic carbocycles. The van der Waals surface area contributed by atoms with Gasteiger partial charge in [-0.3, -0.25) is 4.79 Å². The molecule has 1 aromatic rings. The molecule has 1 amide bonds. The predicted octanol–water partition coefficient (Wildman–Crippen LogP) is 1.03. The van der Waals surface area contributed by atoms with Crippen molar-refractivity contribution >= 4 is 5.91 Å². The third kappa shape index (κ3) is 3.85. The summed E-state index contributed by atoms with van der Waals surface area (Å²) in [5.41, 5.74) is 0.892. The maximum absolute atomic E-state index is 11.8. The Labute approximate surface area is 103 Å². The molecule has 1 heterocycles. The van der Waals surface area contributed by atoms with Gasteiger partial charge in [-0.15, -0.1) is 0 Å². The first-order chi connectivity index (χ1) is 7.91. The number of imidazole rings is 1. The molecule has 17 heavy (non-hydrogen) atoms. The van der Waals surface area contributed by atoms with Crippen molar-refractivity contribution in [3.8, 4) is 0 Å². The molecule has 0 saturated heterocycles. The van der Waals surface area contributed by atoms with E-state index in [4.69, 9.17) is 0 Å². The van der Waals surface area contributed by atoms with Gasteiger partial charge in [0.15, 0.2) is 5.82 Å². The molecule has 2 N–H and O–H groups in total. The average Bonchev–Trinajstić information content (AvgIpc) is 2.63. The Morgan fingerprint density at radius 2 is 2.18 bits per heavy atom. The summed E-state index contributed by atoms with van der Waals surface area (Å²) in [6.07, 6.45) is 1.65. The molecule has 0 unspecified atom stereocenters. The molecule has 1 rings (SSSR count). The van der Waals surface area contributed by atoms with Crippen molar-refractivity contribution in [2.45, 2.75) is 26.8 Å². The van der Waals surface area contributed by atoms with Crippen LogP contribution in [0.25, 0.3) is 0 Å². The highest BCUT2D eigenvalue weighted by atomic mass is 16.2. The maximum Gasteiger partial charge on any atom is 0.287 e. The van der Waals surface area contributed by atoms with E-state index in [9.17, 15) is 4.79 Å². The quantitative estimate of drug-likeness (QED) is 0.805. The van der Waals surface area contributed by atoms with E-state index >= 15 is 0 Å². The van der Waals surface area contributed by atoms with Crippen LogP contribution in [0.3, 0.4) is 0 Å². The largest absolute Gasteiger partial charge is 0.348 e. The minimum atomic E-state index is -0.148. The van der Waals surface area contributed by atoms with Crippen LogP contribution in [0.15, 0.2) is 6.20 Å². The molecule has 1 aromatic heterocycles. The van der Waals surface area contributed by atoms with E-state index in [0.717, 1.165) is 5.69 Å². The molecule has 0 bridgehead atoms. The van der Waals surface area contributed by atoms with E-state index in [1.807, 2.05) is 21.0 Å². The number of aryl methyl sites for hydroxylation is 1. The number of aromatic nitrogens is 2. The highest BCUT2D eigenvalue weighted by Crippen LogP contribution is 2.06. The maximum atomic E-state index is 11.8. The zero-order valence-electron chi connectivity index (χ0n) is 11.2. The number of carbonyl (C=O) groups is 1. The minimum absolute atomic E-state index is 0.148. The molecule has 0 radical (unpaired) electrons. The van der Waals surface area contributed by atoms with Crippen molar-refractivity contribution in [1.82, 2.24) is 20.2 Å². The van der Waals surface area contributed by atoms with Crippen molar-refractivity contribution in [1.29, 1.82) is 0 Å². The van der Waals surface area contributed by atoms with Gasteiger partial charge in [-0.1, -0.05) is 13.8 Å². The normalized spacial score (nSPS) is 13.1. The summed E-state index contributed by atoms with van der Waals surface area (Å²) < 4.78 is 0. The van der Waals surface area contributed by atoms with Crippen molar-refractivity contribution in [2.24, 2.45) is 5.92 Å². The molecular formula is C12H22N4O. The van der Waals surface area contributed by atoms with Crippen LogP contribution < -0.4 is 5.32 Å². The number of nitrogens with zero attached hydrogens (tertiary/aromatic N) is 2. The van der Waals surface area contributed by atoms with Crippen LogP contribution in [0.1, 0.15) is 30.2 Å². The fourth-order valence-electron chi connectivity index (χ4n) is 1.82. The van der Waals surface area contributed by atoms with Crippen LogP contribution in [0, 0.1) is 12.8 Å². The molecular weight excluding hydrogens is 216 g/mol. The molecule has 0 aliphatic heterocycles. The lowest BCUT2D eigenvalue weighted by molar-refractivity contribution is 0.0925. The van der Waals surface area contributed by atoms with Crippen LogP contribution in [-0.4, -0.2) is 47.5 Å². The minimum Gasteiger partial charge on any atom is -0.348 e. The second-order valence-corrected chi connectivity index (χ2v) is 4.90. The highest BCUT2D eigenvalue weighted by molar-refractivity contribution is 5.90. The van der Waals surface area contributed by atoms with Crippen LogP contribution >= 0.6 is 0 Å². The number of carbonyl (C=O) groups excluding carboxylic acids is 1. The zero-order chi connectivity index (χ0) is 13.0. The van der Waals surface area contributed by atoms with Crippen molar-refractivity contribution in [3.63, 3.8) is 0 Å². The van der Waals surface area contributed by atoms with E-state index in [0.29, 0.717) is 24.3 Å². The molecule has 5 heteroatoms. The van der Waals surface area contributed by atoms with Gasteiger partial charge < -0.3 is 15.2 Å². The summed E-state index contributed by atoms with van der Waals surface area (Å²) in [4.78, 5) is 20.8. The molecule has 96 valence electrons. The third-order valence-corrected chi connectivity index (χ3v) is 2.82. The van der Waals surface area contributed by atoms with Crippen LogP contribution in [0.2, 0.25) is 0 Å². The Hall–Kier alpha value is -1.36. The Kier molecular flexibility index (Phi) is 4.69. The summed E-state index contributed by atoms with van der Waals surface area (Å²) in [6.45, 7) is 6.80. The molecule has 5 nitrogen and oxygen atoms in total. The third-order valence-electron chi connectivity index (χ3n) is 2.82. The Bertz CT molecular complexity index is 362. The van der Waals surface area contributed by atoms with Gasteiger partial charge in [0.25, 0.3) is 5.91 Å². The van der Waals surface area contributed by atoms with E-state index in [1.54, 1.807) is 6.20 Å². The smallest absolute Gasteiger partial charge is 0.287 e. The van der Waals surface area contributed by atoms with Gasteiger partial charge in [0, 0.05) is 24.5 Å². The van der Waals surface area contributed by atoms with Crippen molar-refractivity contribution in [2.75, 3.05) is 20.6 Å². The highest BCUT2D eigenvalue weighted by Gasteiger charge is 2.17. The Balaban J connectivity index is 2.52. The van der Waals surface area contributed by atoms with E-state index in [1.165, 1.54) is 0 Å². The Morgan fingerprint density at radius 3 is 2.59 bits per heavy atom. The number of aromatic amines is 1. The predicted molar refractivity (Wildman–Crippen MR) is 68.0 cm³/mol. The molecule has 0 spiro atoms. The van der Waals surface area contributed by atoms with E-state index < -0.39 is 0 Å². The number of hydrogen-bond acceptors (Lipinski definition) is 3. The van der Waals surface area contributed by atoms with Gasteiger partial charge >= 0.3 is 0 Å². The SMILES string of the molecule is Cc1cnc(C(=O)NC[C@H](C(C)C)N(C)C)[nH]1. The van der Waals surface area contributed by atoms with Crippen LogP contribution in [-0.2, 0) is 0 Å². The van der Waals surface area contributed by atoms with E-state index in [2.05, 4.69) is 34.0 Å². The standard InChI is InChI=1S/C12H22N4O/c1-8(2)10(16(4)5)7-14-12(17)11-13-6-9(3)15-11/h6,8,10H,7H2,1-5H3,(H,13,15)(H,14,17)/t10-/m1/s1. The average molecular weight is 238 g/mol. The molecule has 1 atom stereocenters. The fourth-order valence-corrected chi connectivity index (χ4v) is 1.82. The Morgan fingerprint density at radius 1 is 1.53 bits per heavy atom. The summed E-state index contributed by atoms with van der Waals surface area (Å²) in [5.74, 6) is 0.720.